The van der Waals surface area contributed by atoms with E-state index in [1.165, 1.54) is 49.3 Å². The third-order valence-corrected chi connectivity index (χ3v) is 31.7. The second-order valence-corrected chi connectivity index (χ2v) is 45.5. The van der Waals surface area contributed by atoms with Gasteiger partial charge in [0.05, 0.1) is 0 Å². The van der Waals surface area contributed by atoms with Crippen LogP contribution in [-0.4, -0.2) is 16.1 Å². The van der Waals surface area contributed by atoms with Gasteiger partial charge in [0.15, 0.2) is 0 Å². The maximum absolute atomic E-state index is 3.19. The first kappa shape index (κ1) is 34.0. The van der Waals surface area contributed by atoms with E-state index in [9.17, 15) is 0 Å². The van der Waals surface area contributed by atoms with Gasteiger partial charge in [-0.3, -0.25) is 0 Å². The molecule has 0 N–H and O–H groups in total. The van der Waals surface area contributed by atoms with Crippen molar-refractivity contribution in [3.8, 4) is 22.3 Å². The summed E-state index contributed by atoms with van der Waals surface area (Å²) in [6.07, 6.45) is 6.40. The SMILES string of the molecule is CC1(Cc2ccccc2)C2=Cc3c(-c4ccc([Si](C)(C)C)cc4)cccc3[CH]2[Hf]([CH3])([CH3])[CH]2C1=Cc1c(-c3ccc([Si](C)(C)C)cc3)cccc12. The molecule has 5 aromatic carbocycles. The second kappa shape index (κ2) is 12.0. The quantitative estimate of drug-likeness (QED) is 0.149. The summed E-state index contributed by atoms with van der Waals surface area (Å²) in [5.74, 6) is 0. The average Bonchev–Trinajstić information content (AvgIpc) is 3.70. The number of hydrogen-bond donors (Lipinski definition) is 0. The molecule has 0 bridgehead atoms. The minimum atomic E-state index is -3.19. The van der Waals surface area contributed by atoms with Gasteiger partial charge in [0.2, 0.25) is 0 Å². The predicted molar refractivity (Wildman–Crippen MR) is 221 cm³/mol. The van der Waals surface area contributed by atoms with Crippen LogP contribution in [0.4, 0.5) is 0 Å². The third kappa shape index (κ3) is 5.45. The van der Waals surface area contributed by atoms with Gasteiger partial charge in [0.1, 0.15) is 0 Å². The Morgan fingerprint density at radius 1 is 0.520 bits per heavy atom. The van der Waals surface area contributed by atoms with E-state index in [0.717, 1.165) is 6.42 Å². The molecule has 1 fully saturated rings. The molecule has 1 aliphatic heterocycles. The molecule has 3 heteroatoms. The molecule has 50 heavy (non-hydrogen) atoms. The van der Waals surface area contributed by atoms with E-state index in [-0.39, 0.29) is 5.41 Å². The van der Waals surface area contributed by atoms with Crippen LogP contribution in [-0.2, 0) is 26.4 Å². The normalized spacial score (nSPS) is 21.9. The zero-order chi connectivity index (χ0) is 35.2. The van der Waals surface area contributed by atoms with Gasteiger partial charge < -0.3 is 0 Å². The van der Waals surface area contributed by atoms with Gasteiger partial charge in [-0.1, -0.05) is 0 Å². The molecule has 3 aliphatic rings. The first-order valence-electron chi connectivity index (χ1n) is 18.6. The number of benzene rings is 5. The van der Waals surface area contributed by atoms with E-state index >= 15 is 0 Å². The van der Waals surface area contributed by atoms with E-state index < -0.39 is 36.1 Å². The van der Waals surface area contributed by atoms with Crippen LogP contribution in [0.5, 0.6) is 0 Å². The molecule has 1 heterocycles. The zero-order valence-corrected chi connectivity index (χ0v) is 37.1. The van der Waals surface area contributed by atoms with Gasteiger partial charge in [0, 0.05) is 0 Å². The van der Waals surface area contributed by atoms with Crippen molar-refractivity contribution in [3.05, 3.63) is 154 Å². The first-order valence-corrected chi connectivity index (χ1v) is 37.0. The molecule has 0 nitrogen and oxygen atoms in total. The number of allylic oxidation sites excluding steroid dienone is 2. The van der Waals surface area contributed by atoms with E-state index in [1.54, 1.807) is 22.3 Å². The van der Waals surface area contributed by atoms with Crippen LogP contribution >= 0.6 is 0 Å². The standard InChI is InChI=1S/C45H46Si2.2CH3.Hf/c1-45(31-32-13-9-8-10-14-32,37-27-35-15-11-17-41(43(35)29-37)33-19-23-39(24-20-33)46(2,3)4)38-28-36-16-12-18-42(44(36)30-38)34-21-25-40(26-22-34)47(5,6)7;;;/h8-30H,31H2,1-7H3;2*1H3;. The topological polar surface area (TPSA) is 0 Å². The van der Waals surface area contributed by atoms with Gasteiger partial charge in [-0.25, -0.2) is 0 Å². The summed E-state index contributed by atoms with van der Waals surface area (Å²) >= 11 is -3.19. The number of rotatable bonds is 6. The molecule has 0 aromatic heterocycles. The molecule has 0 amide bonds. The third-order valence-electron chi connectivity index (χ3n) is 12.4. The summed E-state index contributed by atoms with van der Waals surface area (Å²) in [6, 6.07) is 45.0. The van der Waals surface area contributed by atoms with Crippen LogP contribution in [0.15, 0.2) is 126 Å². The van der Waals surface area contributed by atoms with Crippen LogP contribution in [0.2, 0.25) is 48.6 Å². The number of hydrogen-bond acceptors (Lipinski definition) is 0. The Morgan fingerprint density at radius 2 is 0.940 bits per heavy atom. The number of fused-ring (bicyclic) bond motifs is 6. The summed E-state index contributed by atoms with van der Waals surface area (Å²) < 4.78 is 6.67. The van der Waals surface area contributed by atoms with Crippen LogP contribution in [0.1, 0.15) is 42.1 Å². The molecule has 2 aliphatic carbocycles. The fourth-order valence-electron chi connectivity index (χ4n) is 9.71. The van der Waals surface area contributed by atoms with E-state index in [4.69, 9.17) is 0 Å². The second-order valence-electron chi connectivity index (χ2n) is 18.2. The van der Waals surface area contributed by atoms with Crippen LogP contribution in [0.25, 0.3) is 34.4 Å². The van der Waals surface area contributed by atoms with Gasteiger partial charge in [-0.15, -0.1) is 0 Å². The molecular weight excluding hydrogens is 799 g/mol. The molecule has 2 atom stereocenters. The molecule has 5 aromatic rings. The van der Waals surface area contributed by atoms with Crippen LogP contribution < -0.4 is 10.4 Å². The van der Waals surface area contributed by atoms with Gasteiger partial charge in [0.25, 0.3) is 0 Å². The van der Waals surface area contributed by atoms with Crippen molar-refractivity contribution < 1.29 is 20.0 Å². The van der Waals surface area contributed by atoms with Crippen molar-refractivity contribution in [1.82, 2.24) is 0 Å². The molecule has 0 radical (unpaired) electrons. The maximum atomic E-state index is 2.78. The van der Waals surface area contributed by atoms with E-state index in [2.05, 4.69) is 183 Å². The minimum absolute atomic E-state index is 0.0673. The summed E-state index contributed by atoms with van der Waals surface area (Å²) in [4.78, 5) is 0. The summed E-state index contributed by atoms with van der Waals surface area (Å²) in [7, 11) is -2.73. The Bertz CT molecular complexity index is 2040. The Morgan fingerprint density at radius 3 is 1.34 bits per heavy atom. The van der Waals surface area contributed by atoms with Crippen molar-refractivity contribution in [3.63, 3.8) is 0 Å². The van der Waals surface area contributed by atoms with Gasteiger partial charge in [-0.2, -0.15) is 0 Å². The molecule has 8 rings (SSSR count). The predicted octanol–water partition coefficient (Wildman–Crippen LogP) is 12.2. The Balaban J connectivity index is 1.31. The Labute approximate surface area is 307 Å². The van der Waals surface area contributed by atoms with Crippen molar-refractivity contribution in [2.45, 2.75) is 69.3 Å². The molecular formula is C47H52HfSi2. The molecule has 2 unspecified atom stereocenters. The first-order chi connectivity index (χ1) is 23.7. The fourth-order valence-corrected chi connectivity index (χ4v) is 29.5. The van der Waals surface area contributed by atoms with Crippen molar-refractivity contribution in [2.24, 2.45) is 5.41 Å². The summed E-state index contributed by atoms with van der Waals surface area (Å²) in [5.41, 5.74) is 16.4. The van der Waals surface area contributed by atoms with Crippen LogP contribution in [0, 0.1) is 5.41 Å². The Hall–Kier alpha value is -3.12. The molecule has 1 saturated heterocycles. The van der Waals surface area contributed by atoms with Crippen molar-refractivity contribution >= 4 is 38.7 Å². The van der Waals surface area contributed by atoms with Crippen molar-refractivity contribution in [2.75, 3.05) is 0 Å². The molecule has 0 spiro atoms. The van der Waals surface area contributed by atoms with E-state index in [1.807, 2.05) is 0 Å². The molecule has 252 valence electrons. The fraction of sp³-hybridized carbons (Fsp3) is 0.277. The molecule has 0 saturated carbocycles. The monoisotopic (exact) mass is 852 g/mol. The Kier molecular flexibility index (Phi) is 8.14. The van der Waals surface area contributed by atoms with Crippen LogP contribution in [0.3, 0.4) is 0 Å². The van der Waals surface area contributed by atoms with E-state index in [0.29, 0.717) is 7.35 Å². The van der Waals surface area contributed by atoms with Gasteiger partial charge in [-0.05, 0) is 0 Å². The summed E-state index contributed by atoms with van der Waals surface area (Å²) in [5, 5.41) is 3.05. The summed E-state index contributed by atoms with van der Waals surface area (Å²) in [6.45, 7) is 17.3. The zero-order valence-electron chi connectivity index (χ0n) is 31.5. The van der Waals surface area contributed by atoms with Gasteiger partial charge >= 0.3 is 310 Å². The van der Waals surface area contributed by atoms with Crippen molar-refractivity contribution in [1.29, 1.82) is 0 Å². The average molecular weight is 852 g/mol.